The van der Waals surface area contributed by atoms with E-state index in [1.807, 2.05) is 19.6 Å². The zero-order valence-corrected chi connectivity index (χ0v) is 21.3. The summed E-state index contributed by atoms with van der Waals surface area (Å²) >= 11 is 5.06. The van der Waals surface area contributed by atoms with E-state index >= 15 is 0 Å². The Kier molecular flexibility index (Phi) is 20.5. The molecule has 0 spiro atoms. The summed E-state index contributed by atoms with van der Waals surface area (Å²) in [4.78, 5) is 9.66. The highest BCUT2D eigenvalue weighted by Crippen LogP contribution is 2.36. The molecule has 0 aromatic rings. The normalized spacial score (nSPS) is 13.2. The number of nitriles is 2. The molecule has 0 aliphatic rings. The summed E-state index contributed by atoms with van der Waals surface area (Å²) in [5, 5.41) is 15.6. The number of hydrogen-bond acceptors (Lipinski definition) is 4. The lowest BCUT2D eigenvalue weighted by molar-refractivity contribution is -0.219. The Morgan fingerprint density at radius 3 is 1.30 bits per heavy atom. The summed E-state index contributed by atoms with van der Waals surface area (Å²) in [6.07, 6.45) is -9.35. The molecule has 0 saturated carbocycles. The standard InChI is InChI=1S/C7H11BrF3NOSi.C4H9NSi.C3H2BrF3O.2CH4/c1-14(2,3)13-6(4-8,5-12)7(9,10)11;1-6(2,3)4-5;4-1-2(8)3(5,6)7;;/h4H2,1-3H3;1-3H3;1H2;2*1H4. The van der Waals surface area contributed by atoms with Gasteiger partial charge in [-0.25, -0.2) is 5.26 Å². The number of ketones is 1. The van der Waals surface area contributed by atoms with E-state index in [0.717, 1.165) is 0 Å². The first kappa shape index (κ1) is 40.0. The van der Waals surface area contributed by atoms with Gasteiger partial charge in [0.25, 0.3) is 5.60 Å². The van der Waals surface area contributed by atoms with Gasteiger partial charge in [-0.05, 0) is 19.6 Å². The van der Waals surface area contributed by atoms with E-state index < -0.39 is 50.8 Å². The first-order chi connectivity index (χ1) is 12.1. The molecular weight excluding hydrogens is 582 g/mol. The number of rotatable bonds is 4. The van der Waals surface area contributed by atoms with E-state index in [4.69, 9.17) is 14.9 Å². The van der Waals surface area contributed by atoms with Crippen molar-refractivity contribution in [2.75, 3.05) is 10.7 Å². The highest BCUT2D eigenvalue weighted by atomic mass is 79.9. The van der Waals surface area contributed by atoms with Crippen molar-refractivity contribution >= 4 is 54.0 Å². The Bertz CT molecular complexity index is 577. The Labute approximate surface area is 194 Å². The zero-order chi connectivity index (χ0) is 23.6. The fourth-order valence-electron chi connectivity index (χ4n) is 0.875. The Hall–Kier alpha value is -0.416. The van der Waals surface area contributed by atoms with Crippen LogP contribution in [-0.2, 0) is 9.22 Å². The third-order valence-electron chi connectivity index (χ3n) is 2.08. The fourth-order valence-corrected chi connectivity index (χ4v) is 3.24. The number of carbonyl (C=O) groups is 1. The molecule has 30 heavy (non-hydrogen) atoms. The third kappa shape index (κ3) is 19.5. The summed E-state index contributed by atoms with van der Waals surface area (Å²) in [6.45, 7) is 10.9. The Morgan fingerprint density at radius 2 is 1.27 bits per heavy atom. The topological polar surface area (TPSA) is 73.9 Å². The monoisotopic (exact) mass is 610 g/mol. The minimum atomic E-state index is -4.68. The molecule has 0 amide bonds. The molecule has 0 aliphatic carbocycles. The lowest BCUT2D eigenvalue weighted by Crippen LogP contribution is -2.53. The summed E-state index contributed by atoms with van der Waals surface area (Å²) in [5.74, 6) is -1.75. The van der Waals surface area contributed by atoms with Crippen molar-refractivity contribution in [1.82, 2.24) is 0 Å². The molecule has 0 aromatic carbocycles. The predicted octanol–water partition coefficient (Wildman–Crippen LogP) is 7.23. The molecule has 0 aromatic heterocycles. The predicted molar refractivity (Wildman–Crippen MR) is 120 cm³/mol. The van der Waals surface area contributed by atoms with Crippen molar-refractivity contribution in [2.45, 2.75) is 72.1 Å². The van der Waals surface area contributed by atoms with Crippen molar-refractivity contribution < 1.29 is 35.6 Å². The number of nitrogens with zero attached hydrogens (tertiary/aromatic N) is 2. The molecule has 0 fully saturated rings. The van der Waals surface area contributed by atoms with Crippen LogP contribution in [0.25, 0.3) is 0 Å². The second-order valence-electron chi connectivity index (χ2n) is 7.20. The molecule has 0 aliphatic heterocycles. The van der Waals surface area contributed by atoms with Crippen LogP contribution in [-0.4, -0.2) is 50.8 Å². The van der Waals surface area contributed by atoms with Gasteiger partial charge in [0.1, 0.15) is 6.07 Å². The first-order valence-corrected chi connectivity index (χ1v) is 16.6. The molecule has 180 valence electrons. The van der Waals surface area contributed by atoms with E-state index in [9.17, 15) is 31.1 Å². The van der Waals surface area contributed by atoms with E-state index in [2.05, 4.69) is 37.6 Å². The molecule has 1 unspecified atom stereocenters. The highest BCUT2D eigenvalue weighted by molar-refractivity contribution is 9.09. The van der Waals surface area contributed by atoms with E-state index in [-0.39, 0.29) is 14.9 Å². The van der Waals surface area contributed by atoms with Gasteiger partial charge >= 0.3 is 12.4 Å². The van der Waals surface area contributed by atoms with Gasteiger partial charge in [-0.15, -0.1) is 0 Å². The Morgan fingerprint density at radius 1 is 0.933 bits per heavy atom. The zero-order valence-electron chi connectivity index (χ0n) is 16.1. The van der Waals surface area contributed by atoms with Gasteiger partial charge in [-0.2, -0.15) is 31.6 Å². The summed E-state index contributed by atoms with van der Waals surface area (Å²) in [5.41, 5.74) is -0.468. The van der Waals surface area contributed by atoms with Crippen LogP contribution in [0.1, 0.15) is 14.9 Å². The Balaban J connectivity index is -0.000000112. The lowest BCUT2D eigenvalue weighted by Gasteiger charge is -2.33. The molecule has 0 heterocycles. The average molecular weight is 612 g/mol. The molecule has 1 atom stereocenters. The number of hydrogen-bond donors (Lipinski definition) is 0. The van der Waals surface area contributed by atoms with E-state index in [0.29, 0.717) is 0 Å². The smallest absolute Gasteiger partial charge is 0.393 e. The van der Waals surface area contributed by atoms with Crippen molar-refractivity contribution in [3.63, 3.8) is 0 Å². The van der Waals surface area contributed by atoms with Gasteiger partial charge in [-0.1, -0.05) is 66.4 Å². The molecule has 0 bridgehead atoms. The van der Waals surface area contributed by atoms with Crippen molar-refractivity contribution in [1.29, 1.82) is 10.5 Å². The van der Waals surface area contributed by atoms with Gasteiger partial charge in [0.15, 0.2) is 16.4 Å². The van der Waals surface area contributed by atoms with Gasteiger partial charge in [0.05, 0.1) is 10.7 Å². The second-order valence-corrected chi connectivity index (χ2v) is 17.5. The lowest BCUT2D eigenvalue weighted by atomic mass is 10.1. The maximum Gasteiger partial charge on any atom is 0.450 e. The first-order valence-electron chi connectivity index (χ1n) is 7.44. The SMILES string of the molecule is C.C.C[Si](C)(C)C#N.C[Si](C)(C)OC(C#N)(CBr)C(F)(F)F.O=C(CBr)C(F)(F)F. The highest BCUT2D eigenvalue weighted by Gasteiger charge is 2.58. The van der Waals surface area contributed by atoms with E-state index in [1.165, 1.54) is 6.07 Å². The second kappa shape index (κ2) is 15.4. The van der Waals surface area contributed by atoms with Gasteiger partial charge in [-0.3, -0.25) is 4.79 Å². The number of carbonyl (C=O) groups excluding carboxylic acids is 1. The molecule has 0 radical (unpaired) electrons. The van der Waals surface area contributed by atoms with Crippen molar-refractivity contribution in [2.24, 2.45) is 0 Å². The maximum absolute atomic E-state index is 12.6. The van der Waals surface area contributed by atoms with Crippen LogP contribution in [0.2, 0.25) is 39.3 Å². The fraction of sp³-hybridized carbons (Fsp3) is 0.812. The van der Waals surface area contributed by atoms with Gasteiger partial charge < -0.3 is 4.43 Å². The summed E-state index contributed by atoms with van der Waals surface area (Å²) < 4.78 is 75.8. The van der Waals surface area contributed by atoms with Crippen LogP contribution in [0.4, 0.5) is 26.3 Å². The van der Waals surface area contributed by atoms with Crippen LogP contribution in [0, 0.1) is 22.3 Å². The van der Waals surface area contributed by atoms with Gasteiger partial charge in [0.2, 0.25) is 5.78 Å². The van der Waals surface area contributed by atoms with Crippen LogP contribution >= 0.6 is 31.9 Å². The average Bonchev–Trinajstić information content (AvgIpc) is 2.49. The number of alkyl halides is 8. The molecule has 0 saturated heterocycles. The van der Waals surface area contributed by atoms with Crippen molar-refractivity contribution in [3.05, 3.63) is 0 Å². The number of halogens is 8. The minimum absolute atomic E-state index is 0. The van der Waals surface area contributed by atoms with E-state index in [1.54, 1.807) is 19.6 Å². The molecule has 0 rings (SSSR count). The largest absolute Gasteiger partial charge is 0.450 e. The quantitative estimate of drug-likeness (QED) is 0.191. The van der Waals surface area contributed by atoms with Crippen LogP contribution < -0.4 is 0 Å². The summed E-state index contributed by atoms with van der Waals surface area (Å²) in [6, 6.07) is 1.20. The number of Topliss-reactive ketones (excluding diaryl/α,β-unsaturated/α-hetero) is 1. The molecular formula is C16H30Br2F6N2O2Si2. The van der Waals surface area contributed by atoms with Crippen LogP contribution in [0.3, 0.4) is 0 Å². The van der Waals surface area contributed by atoms with Crippen molar-refractivity contribution in [3.8, 4) is 11.8 Å². The van der Waals surface area contributed by atoms with Gasteiger partial charge in [0, 0.05) is 5.69 Å². The molecule has 0 N–H and O–H groups in total. The third-order valence-corrected chi connectivity index (χ3v) is 5.01. The van der Waals surface area contributed by atoms with Crippen LogP contribution in [0.5, 0.6) is 0 Å². The molecule has 14 heteroatoms. The minimum Gasteiger partial charge on any atom is -0.393 e. The molecule has 4 nitrogen and oxygen atoms in total. The summed E-state index contributed by atoms with van der Waals surface area (Å²) in [7, 11) is -3.74. The van der Waals surface area contributed by atoms with Crippen LogP contribution in [0.15, 0.2) is 0 Å². The maximum atomic E-state index is 12.6.